The van der Waals surface area contributed by atoms with Crippen molar-refractivity contribution in [1.82, 2.24) is 0 Å². The van der Waals surface area contributed by atoms with Gasteiger partial charge >= 0.3 is 5.97 Å². The van der Waals surface area contributed by atoms with Gasteiger partial charge in [0, 0.05) is 13.0 Å². The summed E-state index contributed by atoms with van der Waals surface area (Å²) in [5.41, 5.74) is 0.518. The lowest BCUT2D eigenvalue weighted by atomic mass is 10.0. The number of hydrogen-bond donors (Lipinski definition) is 2. The van der Waals surface area contributed by atoms with Crippen molar-refractivity contribution in [3.63, 3.8) is 0 Å². The van der Waals surface area contributed by atoms with Crippen molar-refractivity contribution in [2.75, 3.05) is 11.9 Å². The number of ether oxygens (including phenoxy) is 1. The van der Waals surface area contributed by atoms with Crippen LogP contribution in [0.5, 0.6) is 0 Å². The minimum atomic E-state index is -1.05. The monoisotopic (exact) mass is 311 g/mol. The lowest BCUT2D eigenvalue weighted by molar-refractivity contribution is -0.117. The summed E-state index contributed by atoms with van der Waals surface area (Å²) >= 11 is 5.96. The van der Waals surface area contributed by atoms with Crippen LogP contribution in [-0.4, -0.2) is 29.7 Å². The third-order valence-corrected chi connectivity index (χ3v) is 3.77. The van der Waals surface area contributed by atoms with E-state index in [1.54, 1.807) is 0 Å². The molecule has 6 heteroatoms. The fourth-order valence-electron chi connectivity index (χ4n) is 2.29. The van der Waals surface area contributed by atoms with Gasteiger partial charge in [0.15, 0.2) is 0 Å². The molecule has 1 amide bonds. The maximum Gasteiger partial charge on any atom is 0.335 e. The Hall–Kier alpha value is -1.59. The molecule has 0 aromatic heterocycles. The van der Waals surface area contributed by atoms with Crippen LogP contribution in [-0.2, 0) is 9.53 Å². The predicted molar refractivity (Wildman–Crippen MR) is 79.9 cm³/mol. The zero-order chi connectivity index (χ0) is 15.2. The molecule has 0 aliphatic carbocycles. The van der Waals surface area contributed by atoms with Gasteiger partial charge in [-0.3, -0.25) is 4.79 Å². The van der Waals surface area contributed by atoms with Crippen molar-refractivity contribution < 1.29 is 19.4 Å². The normalized spacial score (nSPS) is 18.2. The highest BCUT2D eigenvalue weighted by Crippen LogP contribution is 2.24. The highest BCUT2D eigenvalue weighted by atomic mass is 35.5. The van der Waals surface area contributed by atoms with Crippen LogP contribution < -0.4 is 5.32 Å². The number of aromatic carboxylic acids is 1. The average molecular weight is 312 g/mol. The van der Waals surface area contributed by atoms with E-state index in [0.717, 1.165) is 25.9 Å². The van der Waals surface area contributed by atoms with Crippen molar-refractivity contribution in [3.05, 3.63) is 28.8 Å². The summed E-state index contributed by atoms with van der Waals surface area (Å²) in [6.45, 7) is 0.773. The SMILES string of the molecule is O=C(CCC1CCCCO1)Nc1ccc(C(=O)O)cc1Cl. The molecule has 1 aliphatic heterocycles. The Morgan fingerprint density at radius 3 is 2.81 bits per heavy atom. The van der Waals surface area contributed by atoms with Crippen molar-refractivity contribution in [2.24, 2.45) is 0 Å². The second-order valence-electron chi connectivity index (χ2n) is 5.08. The molecular formula is C15H18ClNO4. The predicted octanol–water partition coefficient (Wildman–Crippen LogP) is 3.33. The van der Waals surface area contributed by atoms with Gasteiger partial charge < -0.3 is 15.2 Å². The molecule has 1 aliphatic rings. The maximum atomic E-state index is 11.9. The van der Waals surface area contributed by atoms with E-state index >= 15 is 0 Å². The van der Waals surface area contributed by atoms with E-state index in [4.69, 9.17) is 21.4 Å². The second-order valence-corrected chi connectivity index (χ2v) is 5.48. The summed E-state index contributed by atoms with van der Waals surface area (Å²) in [6, 6.07) is 4.23. The molecule has 0 saturated carbocycles. The van der Waals surface area contributed by atoms with Gasteiger partial charge in [0.25, 0.3) is 0 Å². The summed E-state index contributed by atoms with van der Waals surface area (Å²) in [5.74, 6) is -1.20. The Kier molecular flexibility index (Phi) is 5.59. The molecule has 0 bridgehead atoms. The minimum Gasteiger partial charge on any atom is -0.478 e. The summed E-state index contributed by atoms with van der Waals surface area (Å²) < 4.78 is 5.57. The molecular weight excluding hydrogens is 294 g/mol. The van der Waals surface area contributed by atoms with Crippen molar-refractivity contribution >= 4 is 29.2 Å². The van der Waals surface area contributed by atoms with E-state index in [0.29, 0.717) is 18.5 Å². The van der Waals surface area contributed by atoms with Crippen LogP contribution in [0, 0.1) is 0 Å². The first-order valence-electron chi connectivity index (χ1n) is 7.00. The molecule has 1 saturated heterocycles. The van der Waals surface area contributed by atoms with Gasteiger partial charge in [0.1, 0.15) is 0 Å². The lowest BCUT2D eigenvalue weighted by Gasteiger charge is -2.22. The average Bonchev–Trinajstić information content (AvgIpc) is 2.48. The minimum absolute atomic E-state index is 0.0913. The number of halogens is 1. The number of benzene rings is 1. The van der Waals surface area contributed by atoms with E-state index in [1.165, 1.54) is 18.2 Å². The first-order chi connectivity index (χ1) is 10.1. The highest BCUT2D eigenvalue weighted by molar-refractivity contribution is 6.34. The Labute approximate surface area is 128 Å². The number of carbonyl (C=O) groups is 2. The Balaban J connectivity index is 1.85. The van der Waals surface area contributed by atoms with Gasteiger partial charge in [-0.2, -0.15) is 0 Å². The highest BCUT2D eigenvalue weighted by Gasteiger charge is 2.16. The van der Waals surface area contributed by atoms with Crippen LogP contribution in [0.15, 0.2) is 18.2 Å². The van der Waals surface area contributed by atoms with Crippen molar-refractivity contribution in [3.8, 4) is 0 Å². The quantitative estimate of drug-likeness (QED) is 0.874. The first-order valence-corrected chi connectivity index (χ1v) is 7.38. The smallest absolute Gasteiger partial charge is 0.335 e. The third-order valence-electron chi connectivity index (χ3n) is 3.46. The number of hydrogen-bond acceptors (Lipinski definition) is 3. The van der Waals surface area contributed by atoms with Crippen LogP contribution in [0.2, 0.25) is 5.02 Å². The molecule has 0 radical (unpaired) electrons. The molecule has 2 N–H and O–H groups in total. The van der Waals surface area contributed by atoms with Gasteiger partial charge in [0.2, 0.25) is 5.91 Å². The summed E-state index contributed by atoms with van der Waals surface area (Å²) in [5, 5.41) is 11.8. The fraction of sp³-hybridized carbons (Fsp3) is 0.467. The van der Waals surface area contributed by atoms with Crippen LogP contribution in [0.1, 0.15) is 42.5 Å². The molecule has 0 spiro atoms. The van der Waals surface area contributed by atoms with Gasteiger partial charge in [-0.25, -0.2) is 4.79 Å². The first kappa shape index (κ1) is 15.8. The largest absolute Gasteiger partial charge is 0.478 e. The second kappa shape index (κ2) is 7.43. The maximum absolute atomic E-state index is 11.9. The molecule has 1 heterocycles. The molecule has 2 rings (SSSR count). The third kappa shape index (κ3) is 4.72. The number of carboxylic acid groups (broad SMARTS) is 1. The van der Waals surface area contributed by atoms with Crippen LogP contribution in [0.4, 0.5) is 5.69 Å². The van der Waals surface area contributed by atoms with E-state index in [2.05, 4.69) is 5.32 Å². The molecule has 1 aromatic carbocycles. The van der Waals surface area contributed by atoms with Gasteiger partial charge in [-0.1, -0.05) is 11.6 Å². The molecule has 1 aromatic rings. The summed E-state index contributed by atoms with van der Waals surface area (Å²) in [7, 11) is 0. The molecule has 1 fully saturated rings. The van der Waals surface area contributed by atoms with Crippen LogP contribution in [0.25, 0.3) is 0 Å². The standard InChI is InChI=1S/C15H18ClNO4/c16-12-9-10(15(19)20)4-6-13(12)17-14(18)7-5-11-3-1-2-8-21-11/h4,6,9,11H,1-3,5,7-8H2,(H,17,18)(H,19,20). The van der Waals surface area contributed by atoms with Gasteiger partial charge in [-0.15, -0.1) is 0 Å². The summed E-state index contributed by atoms with van der Waals surface area (Å²) in [6.07, 6.45) is 4.46. The summed E-state index contributed by atoms with van der Waals surface area (Å²) in [4.78, 5) is 22.7. The Morgan fingerprint density at radius 1 is 1.38 bits per heavy atom. The zero-order valence-corrected chi connectivity index (χ0v) is 12.4. The number of carboxylic acids is 1. The van der Waals surface area contributed by atoms with E-state index in [9.17, 15) is 9.59 Å². The lowest BCUT2D eigenvalue weighted by Crippen LogP contribution is -2.21. The molecule has 114 valence electrons. The molecule has 1 atom stereocenters. The van der Waals surface area contributed by atoms with E-state index in [1.807, 2.05) is 0 Å². The number of rotatable bonds is 5. The number of amides is 1. The van der Waals surface area contributed by atoms with Crippen molar-refractivity contribution in [1.29, 1.82) is 0 Å². The van der Waals surface area contributed by atoms with Crippen LogP contribution >= 0.6 is 11.6 Å². The van der Waals surface area contributed by atoms with E-state index in [-0.39, 0.29) is 22.6 Å². The zero-order valence-electron chi connectivity index (χ0n) is 11.6. The molecule has 5 nitrogen and oxygen atoms in total. The van der Waals surface area contributed by atoms with Gasteiger partial charge in [0.05, 0.1) is 22.4 Å². The number of anilines is 1. The van der Waals surface area contributed by atoms with Gasteiger partial charge in [-0.05, 0) is 43.9 Å². The Bertz CT molecular complexity index is 526. The van der Waals surface area contributed by atoms with Crippen molar-refractivity contribution in [2.45, 2.75) is 38.2 Å². The molecule has 1 unspecified atom stereocenters. The number of carbonyl (C=O) groups excluding carboxylic acids is 1. The topological polar surface area (TPSA) is 75.6 Å². The van der Waals surface area contributed by atoms with Crippen LogP contribution in [0.3, 0.4) is 0 Å². The molecule has 21 heavy (non-hydrogen) atoms. The van der Waals surface area contributed by atoms with E-state index < -0.39 is 5.97 Å². The Morgan fingerprint density at radius 2 is 2.19 bits per heavy atom. The fourth-order valence-corrected chi connectivity index (χ4v) is 2.52. The number of nitrogens with one attached hydrogen (secondary N) is 1.